The molecule has 0 bridgehead atoms. The van der Waals surface area contributed by atoms with Crippen LogP contribution in [0.2, 0.25) is 0 Å². The highest BCUT2D eigenvalue weighted by Gasteiger charge is 2.32. The number of amides is 1. The average Bonchev–Trinajstić information content (AvgIpc) is 3.38. The van der Waals surface area contributed by atoms with Gasteiger partial charge in [0.2, 0.25) is 26.0 Å². The van der Waals surface area contributed by atoms with Crippen molar-refractivity contribution in [2.24, 2.45) is 0 Å². The zero-order valence-corrected chi connectivity index (χ0v) is 20.8. The molecule has 4 rings (SSSR count). The van der Waals surface area contributed by atoms with Crippen molar-refractivity contribution in [3.63, 3.8) is 0 Å². The van der Waals surface area contributed by atoms with Crippen LogP contribution in [0.5, 0.6) is 0 Å². The Kier molecular flexibility index (Phi) is 8.19. The normalized spacial score (nSPS) is 19.6. The molecule has 2 aromatic rings. The lowest BCUT2D eigenvalue weighted by Crippen LogP contribution is -2.42. The lowest BCUT2D eigenvalue weighted by molar-refractivity contribution is -0.116. The monoisotopic (exact) mass is 523 g/mol. The van der Waals surface area contributed by atoms with Crippen LogP contribution in [0.1, 0.15) is 12.8 Å². The average molecular weight is 524 g/mol. The Balaban J connectivity index is 1.54. The zero-order chi connectivity index (χ0) is 24.9. The van der Waals surface area contributed by atoms with Crippen LogP contribution >= 0.6 is 0 Å². The molecular weight excluding hydrogens is 494 g/mol. The molecule has 1 atom stereocenters. The molecule has 0 radical (unpaired) electrons. The van der Waals surface area contributed by atoms with Crippen molar-refractivity contribution in [3.8, 4) is 0 Å². The summed E-state index contributed by atoms with van der Waals surface area (Å²) in [6.07, 6.45) is 1.21. The Labute approximate surface area is 205 Å². The van der Waals surface area contributed by atoms with E-state index in [4.69, 9.17) is 9.47 Å². The fraction of sp³-hybridized carbons (Fsp3) is 0.435. The van der Waals surface area contributed by atoms with Gasteiger partial charge in [-0.1, -0.05) is 18.2 Å². The van der Waals surface area contributed by atoms with Gasteiger partial charge in [-0.15, -0.1) is 0 Å². The Bertz CT molecular complexity index is 1210. The first-order valence-electron chi connectivity index (χ1n) is 11.4. The van der Waals surface area contributed by atoms with Gasteiger partial charge in [0.15, 0.2) is 0 Å². The molecule has 2 aromatic carbocycles. The summed E-state index contributed by atoms with van der Waals surface area (Å²) >= 11 is 0. The van der Waals surface area contributed by atoms with Crippen LogP contribution in [0.4, 0.5) is 5.69 Å². The number of sulfonamides is 2. The molecular formula is C23H29N3O7S2. The van der Waals surface area contributed by atoms with Crippen molar-refractivity contribution < 1.29 is 31.1 Å². The van der Waals surface area contributed by atoms with Crippen LogP contribution in [0.15, 0.2) is 64.4 Å². The number of morpholine rings is 1. The highest BCUT2D eigenvalue weighted by molar-refractivity contribution is 7.89. The smallest absolute Gasteiger partial charge is 0.243 e. The number of rotatable bonds is 9. The van der Waals surface area contributed by atoms with Crippen molar-refractivity contribution in [1.82, 2.24) is 8.61 Å². The van der Waals surface area contributed by atoms with Crippen LogP contribution in [-0.4, -0.2) is 83.5 Å². The minimum atomic E-state index is -4.10. The van der Waals surface area contributed by atoms with Gasteiger partial charge in [-0.3, -0.25) is 4.79 Å². The molecule has 10 nitrogen and oxygen atoms in total. The molecule has 1 amide bonds. The van der Waals surface area contributed by atoms with E-state index in [1.807, 2.05) is 6.07 Å². The SMILES string of the molecule is O=C(CN(C[C@H]1CCCO1)S(=O)(=O)c1ccc(S(=O)(=O)N2CCOCC2)cc1)Nc1ccccc1. The molecule has 190 valence electrons. The van der Waals surface area contributed by atoms with Gasteiger partial charge in [0.1, 0.15) is 0 Å². The molecule has 2 aliphatic heterocycles. The van der Waals surface area contributed by atoms with E-state index in [1.54, 1.807) is 24.3 Å². The topological polar surface area (TPSA) is 122 Å². The van der Waals surface area contributed by atoms with Gasteiger partial charge in [0, 0.05) is 31.9 Å². The summed E-state index contributed by atoms with van der Waals surface area (Å²) in [5.41, 5.74) is 0.560. The predicted molar refractivity (Wildman–Crippen MR) is 129 cm³/mol. The number of nitrogens with one attached hydrogen (secondary N) is 1. The van der Waals surface area contributed by atoms with Crippen molar-refractivity contribution in [1.29, 1.82) is 0 Å². The number of ether oxygens (including phenoxy) is 2. The summed E-state index contributed by atoms with van der Waals surface area (Å²) in [6.45, 7) is 1.29. The summed E-state index contributed by atoms with van der Waals surface area (Å²) in [5, 5.41) is 2.71. The molecule has 0 unspecified atom stereocenters. The van der Waals surface area contributed by atoms with Gasteiger partial charge in [0.25, 0.3) is 0 Å². The molecule has 12 heteroatoms. The summed E-state index contributed by atoms with van der Waals surface area (Å²) in [4.78, 5) is 12.6. The maximum absolute atomic E-state index is 13.5. The number of nitrogens with zero attached hydrogens (tertiary/aromatic N) is 2. The Morgan fingerprint density at radius 3 is 2.23 bits per heavy atom. The van der Waals surface area contributed by atoms with Gasteiger partial charge >= 0.3 is 0 Å². The number of carbonyl (C=O) groups excluding carboxylic acids is 1. The molecule has 2 fully saturated rings. The van der Waals surface area contributed by atoms with Crippen molar-refractivity contribution in [2.45, 2.75) is 28.7 Å². The maximum atomic E-state index is 13.5. The second-order valence-corrected chi connectivity index (χ2v) is 12.2. The van der Waals surface area contributed by atoms with E-state index in [1.165, 1.54) is 28.6 Å². The zero-order valence-electron chi connectivity index (χ0n) is 19.2. The third kappa shape index (κ3) is 6.26. The Hall–Kier alpha value is -2.35. The van der Waals surface area contributed by atoms with E-state index in [0.29, 0.717) is 31.9 Å². The second kappa shape index (κ2) is 11.1. The largest absolute Gasteiger partial charge is 0.379 e. The lowest BCUT2D eigenvalue weighted by atomic mass is 10.2. The second-order valence-electron chi connectivity index (χ2n) is 8.33. The first-order valence-corrected chi connectivity index (χ1v) is 14.3. The first kappa shape index (κ1) is 25.7. The van der Waals surface area contributed by atoms with Crippen molar-refractivity contribution in [2.75, 3.05) is 51.3 Å². The maximum Gasteiger partial charge on any atom is 0.243 e. The summed E-state index contributed by atoms with van der Waals surface area (Å²) in [6, 6.07) is 13.9. The van der Waals surface area contributed by atoms with Crippen molar-refractivity contribution >= 4 is 31.6 Å². The van der Waals surface area contributed by atoms with Gasteiger partial charge in [-0.25, -0.2) is 16.8 Å². The number of anilines is 1. The van der Waals surface area contributed by atoms with E-state index in [-0.39, 0.29) is 35.5 Å². The number of benzene rings is 2. The van der Waals surface area contributed by atoms with Gasteiger partial charge < -0.3 is 14.8 Å². The summed E-state index contributed by atoms with van der Waals surface area (Å²) in [7, 11) is -7.85. The molecule has 0 aliphatic carbocycles. The fourth-order valence-corrected chi connectivity index (χ4v) is 6.85. The Morgan fingerprint density at radius 2 is 1.60 bits per heavy atom. The molecule has 2 aliphatic rings. The van der Waals surface area contributed by atoms with Crippen molar-refractivity contribution in [3.05, 3.63) is 54.6 Å². The quantitative estimate of drug-likeness (QED) is 0.529. The molecule has 1 N–H and O–H groups in total. The first-order chi connectivity index (χ1) is 16.8. The minimum absolute atomic E-state index is 0.00541. The molecule has 35 heavy (non-hydrogen) atoms. The van der Waals surface area contributed by atoms with E-state index in [0.717, 1.165) is 10.7 Å². The number of para-hydroxylation sites is 1. The summed E-state index contributed by atoms with van der Waals surface area (Å²) < 4.78 is 65.9. The van der Waals surface area contributed by atoms with Crippen LogP contribution in [0, 0.1) is 0 Å². The number of hydrogen-bond acceptors (Lipinski definition) is 7. The van der Waals surface area contributed by atoms with Gasteiger partial charge in [0.05, 0.1) is 35.7 Å². The summed E-state index contributed by atoms with van der Waals surface area (Å²) in [5.74, 6) is -0.482. The highest BCUT2D eigenvalue weighted by atomic mass is 32.2. The van der Waals surface area contributed by atoms with E-state index in [2.05, 4.69) is 5.32 Å². The van der Waals surface area contributed by atoms with Crippen LogP contribution < -0.4 is 5.32 Å². The molecule has 2 heterocycles. The van der Waals surface area contributed by atoms with Crippen LogP contribution in [0.3, 0.4) is 0 Å². The van der Waals surface area contributed by atoms with Crippen LogP contribution in [-0.2, 0) is 34.3 Å². The van der Waals surface area contributed by atoms with Gasteiger partial charge in [-0.05, 0) is 49.2 Å². The highest BCUT2D eigenvalue weighted by Crippen LogP contribution is 2.23. The standard InChI is InChI=1S/C23H29N3O7S2/c27-23(24-19-5-2-1-3-6-19)18-26(17-20-7-4-14-33-20)35(30,31)22-10-8-21(9-11-22)34(28,29)25-12-15-32-16-13-25/h1-3,5-6,8-11,20H,4,7,12-18H2,(H,24,27)/t20-/m1/s1. The third-order valence-electron chi connectivity index (χ3n) is 5.88. The number of hydrogen-bond donors (Lipinski definition) is 1. The molecule has 0 saturated carbocycles. The minimum Gasteiger partial charge on any atom is -0.379 e. The van der Waals surface area contributed by atoms with Crippen LogP contribution in [0.25, 0.3) is 0 Å². The third-order valence-corrected chi connectivity index (χ3v) is 9.62. The van der Waals surface area contributed by atoms with E-state index >= 15 is 0 Å². The number of carbonyl (C=O) groups is 1. The molecule has 0 spiro atoms. The molecule has 0 aromatic heterocycles. The lowest BCUT2D eigenvalue weighted by Gasteiger charge is -2.26. The van der Waals surface area contributed by atoms with E-state index < -0.39 is 32.5 Å². The Morgan fingerprint density at radius 1 is 0.943 bits per heavy atom. The molecule has 2 saturated heterocycles. The van der Waals surface area contributed by atoms with E-state index in [9.17, 15) is 21.6 Å². The fourth-order valence-electron chi connectivity index (χ4n) is 4.01. The van der Waals surface area contributed by atoms with Gasteiger partial charge in [-0.2, -0.15) is 8.61 Å². The predicted octanol–water partition coefficient (Wildman–Crippen LogP) is 1.52.